The molecule has 0 aliphatic heterocycles. The van der Waals surface area contributed by atoms with Crippen LogP contribution in [0.5, 0.6) is 0 Å². The standard InChI is InChI=1S/C15H18O/c1-2-3-4-6-11-15(13-16)12-14-9-7-5-8-10-14/h1,5,7-10,13,15H,3-4,6,11-12H2. The lowest BCUT2D eigenvalue weighted by Gasteiger charge is -2.09. The van der Waals surface area contributed by atoms with E-state index in [1.54, 1.807) is 0 Å². The van der Waals surface area contributed by atoms with E-state index in [4.69, 9.17) is 6.42 Å². The van der Waals surface area contributed by atoms with Crippen LogP contribution in [0.3, 0.4) is 0 Å². The topological polar surface area (TPSA) is 17.1 Å². The van der Waals surface area contributed by atoms with Crippen molar-refractivity contribution in [3.63, 3.8) is 0 Å². The van der Waals surface area contributed by atoms with Gasteiger partial charge in [-0.1, -0.05) is 36.8 Å². The molecule has 0 saturated carbocycles. The molecule has 0 saturated heterocycles. The van der Waals surface area contributed by atoms with Crippen molar-refractivity contribution in [1.29, 1.82) is 0 Å². The third-order valence-electron chi connectivity index (χ3n) is 2.68. The Bertz CT molecular complexity index is 334. The summed E-state index contributed by atoms with van der Waals surface area (Å²) in [6.07, 6.45) is 10.9. The lowest BCUT2D eigenvalue weighted by Crippen LogP contribution is -2.06. The molecule has 0 heterocycles. The van der Waals surface area contributed by atoms with Gasteiger partial charge in [-0.2, -0.15) is 0 Å². The summed E-state index contributed by atoms with van der Waals surface area (Å²) in [5, 5.41) is 0. The molecule has 0 bridgehead atoms. The van der Waals surface area contributed by atoms with Gasteiger partial charge in [-0.05, 0) is 24.8 Å². The first kappa shape index (κ1) is 12.5. The van der Waals surface area contributed by atoms with Crippen molar-refractivity contribution in [3.8, 4) is 12.3 Å². The van der Waals surface area contributed by atoms with Crippen LogP contribution in [0.4, 0.5) is 0 Å². The molecule has 1 unspecified atom stereocenters. The van der Waals surface area contributed by atoms with Gasteiger partial charge in [0.1, 0.15) is 6.29 Å². The Labute approximate surface area is 97.9 Å². The van der Waals surface area contributed by atoms with E-state index in [1.807, 2.05) is 18.2 Å². The second kappa shape index (κ2) is 7.70. The van der Waals surface area contributed by atoms with Gasteiger partial charge in [0.25, 0.3) is 0 Å². The normalized spacial score (nSPS) is 11.7. The van der Waals surface area contributed by atoms with Crippen molar-refractivity contribution in [2.24, 2.45) is 5.92 Å². The predicted molar refractivity (Wildman–Crippen MR) is 67.0 cm³/mol. The number of hydrogen-bond acceptors (Lipinski definition) is 1. The minimum absolute atomic E-state index is 0.139. The summed E-state index contributed by atoms with van der Waals surface area (Å²) >= 11 is 0. The fraction of sp³-hybridized carbons (Fsp3) is 0.400. The van der Waals surface area contributed by atoms with Gasteiger partial charge in [0.05, 0.1) is 0 Å². The molecule has 0 aromatic heterocycles. The van der Waals surface area contributed by atoms with E-state index < -0.39 is 0 Å². The zero-order valence-electron chi connectivity index (χ0n) is 9.56. The van der Waals surface area contributed by atoms with Crippen molar-refractivity contribution in [1.82, 2.24) is 0 Å². The van der Waals surface area contributed by atoms with Gasteiger partial charge in [0, 0.05) is 12.3 Å². The molecule has 1 nitrogen and oxygen atoms in total. The van der Waals surface area contributed by atoms with Gasteiger partial charge in [0.15, 0.2) is 0 Å². The molecule has 1 aromatic carbocycles. The van der Waals surface area contributed by atoms with Gasteiger partial charge >= 0.3 is 0 Å². The van der Waals surface area contributed by atoms with E-state index in [0.717, 1.165) is 38.4 Å². The number of rotatable bonds is 7. The van der Waals surface area contributed by atoms with Gasteiger partial charge in [-0.15, -0.1) is 12.3 Å². The molecular weight excluding hydrogens is 196 g/mol. The molecule has 0 aliphatic rings. The van der Waals surface area contributed by atoms with E-state index in [-0.39, 0.29) is 5.92 Å². The molecule has 0 radical (unpaired) electrons. The fourth-order valence-electron chi connectivity index (χ4n) is 1.77. The Morgan fingerprint density at radius 3 is 2.62 bits per heavy atom. The molecule has 0 fully saturated rings. The summed E-state index contributed by atoms with van der Waals surface area (Å²) in [4.78, 5) is 10.9. The molecule has 1 aromatic rings. The van der Waals surface area contributed by atoms with E-state index in [0.29, 0.717) is 0 Å². The second-order valence-electron chi connectivity index (χ2n) is 4.04. The minimum atomic E-state index is 0.139. The highest BCUT2D eigenvalue weighted by atomic mass is 16.1. The number of carbonyl (C=O) groups is 1. The molecule has 1 atom stereocenters. The van der Waals surface area contributed by atoms with Gasteiger partial charge in [-0.3, -0.25) is 0 Å². The van der Waals surface area contributed by atoms with Crippen molar-refractivity contribution in [2.45, 2.75) is 32.1 Å². The van der Waals surface area contributed by atoms with Crippen LogP contribution in [0.15, 0.2) is 30.3 Å². The molecule has 0 amide bonds. The summed E-state index contributed by atoms with van der Waals surface area (Å²) < 4.78 is 0. The number of terminal acetylenes is 1. The summed E-state index contributed by atoms with van der Waals surface area (Å²) in [5.74, 6) is 2.76. The Hall–Kier alpha value is -1.55. The second-order valence-corrected chi connectivity index (χ2v) is 4.04. The van der Waals surface area contributed by atoms with Crippen LogP contribution in [-0.2, 0) is 11.2 Å². The van der Waals surface area contributed by atoms with Gasteiger partial charge in [-0.25, -0.2) is 0 Å². The van der Waals surface area contributed by atoms with Crippen LogP contribution >= 0.6 is 0 Å². The van der Waals surface area contributed by atoms with E-state index in [1.165, 1.54) is 5.56 Å². The zero-order valence-corrected chi connectivity index (χ0v) is 9.56. The first-order chi connectivity index (χ1) is 7.86. The summed E-state index contributed by atoms with van der Waals surface area (Å²) in [6.45, 7) is 0. The molecule has 0 spiro atoms. The van der Waals surface area contributed by atoms with Gasteiger partial charge < -0.3 is 4.79 Å². The quantitative estimate of drug-likeness (QED) is 0.387. The fourth-order valence-corrected chi connectivity index (χ4v) is 1.77. The molecule has 1 heteroatoms. The maximum atomic E-state index is 10.9. The molecule has 1 rings (SSSR count). The largest absolute Gasteiger partial charge is 0.303 e. The number of unbranched alkanes of at least 4 members (excludes halogenated alkanes) is 2. The average Bonchev–Trinajstić information content (AvgIpc) is 2.34. The van der Waals surface area contributed by atoms with Crippen LogP contribution in [-0.4, -0.2) is 6.29 Å². The lowest BCUT2D eigenvalue weighted by atomic mass is 9.95. The molecular formula is C15H18O. The Balaban J connectivity index is 2.32. The lowest BCUT2D eigenvalue weighted by molar-refractivity contribution is -0.111. The zero-order chi connectivity index (χ0) is 11.6. The maximum Gasteiger partial charge on any atom is 0.123 e. The number of benzene rings is 1. The average molecular weight is 214 g/mol. The molecule has 0 N–H and O–H groups in total. The highest BCUT2D eigenvalue weighted by molar-refractivity contribution is 5.54. The first-order valence-electron chi connectivity index (χ1n) is 5.79. The van der Waals surface area contributed by atoms with Crippen LogP contribution < -0.4 is 0 Å². The summed E-state index contributed by atoms with van der Waals surface area (Å²) in [7, 11) is 0. The van der Waals surface area contributed by atoms with E-state index in [9.17, 15) is 4.79 Å². The van der Waals surface area contributed by atoms with Crippen molar-refractivity contribution >= 4 is 6.29 Å². The highest BCUT2D eigenvalue weighted by Gasteiger charge is 2.07. The molecule has 16 heavy (non-hydrogen) atoms. The van der Waals surface area contributed by atoms with Crippen molar-refractivity contribution in [2.75, 3.05) is 0 Å². The van der Waals surface area contributed by atoms with Crippen LogP contribution in [0.25, 0.3) is 0 Å². The Morgan fingerprint density at radius 2 is 2.00 bits per heavy atom. The van der Waals surface area contributed by atoms with Crippen LogP contribution in [0.2, 0.25) is 0 Å². The highest BCUT2D eigenvalue weighted by Crippen LogP contribution is 2.13. The monoisotopic (exact) mass is 214 g/mol. The summed E-state index contributed by atoms with van der Waals surface area (Å²) in [5.41, 5.74) is 1.23. The predicted octanol–water partition coefficient (Wildman–Crippen LogP) is 3.24. The van der Waals surface area contributed by atoms with E-state index >= 15 is 0 Å². The maximum absolute atomic E-state index is 10.9. The van der Waals surface area contributed by atoms with Crippen LogP contribution in [0.1, 0.15) is 31.2 Å². The Kier molecular flexibility index (Phi) is 6.03. The van der Waals surface area contributed by atoms with Crippen LogP contribution in [0, 0.1) is 18.3 Å². The molecule has 84 valence electrons. The van der Waals surface area contributed by atoms with Crippen molar-refractivity contribution < 1.29 is 4.79 Å². The van der Waals surface area contributed by atoms with Crippen molar-refractivity contribution in [3.05, 3.63) is 35.9 Å². The number of aldehydes is 1. The third-order valence-corrected chi connectivity index (χ3v) is 2.68. The minimum Gasteiger partial charge on any atom is -0.303 e. The summed E-state index contributed by atoms with van der Waals surface area (Å²) in [6, 6.07) is 10.1. The Morgan fingerprint density at radius 1 is 1.25 bits per heavy atom. The van der Waals surface area contributed by atoms with Gasteiger partial charge in [0.2, 0.25) is 0 Å². The third kappa shape index (κ3) is 4.79. The number of hydrogen-bond donors (Lipinski definition) is 0. The molecule has 0 aliphatic carbocycles. The smallest absolute Gasteiger partial charge is 0.123 e. The van der Waals surface area contributed by atoms with E-state index in [2.05, 4.69) is 18.1 Å². The number of carbonyl (C=O) groups excluding carboxylic acids is 1. The SMILES string of the molecule is C#CCCCCC(C=O)Cc1ccccc1. The first-order valence-corrected chi connectivity index (χ1v) is 5.79.